The van der Waals surface area contributed by atoms with Crippen molar-refractivity contribution in [2.24, 2.45) is 11.8 Å². The first-order valence-corrected chi connectivity index (χ1v) is 6.51. The second kappa shape index (κ2) is 6.31. The predicted octanol–water partition coefficient (Wildman–Crippen LogP) is 3.65. The van der Waals surface area contributed by atoms with Crippen molar-refractivity contribution in [1.82, 2.24) is 5.32 Å². The smallest absolute Gasteiger partial charge is 0.252 e. The van der Waals surface area contributed by atoms with Crippen molar-refractivity contribution >= 4 is 30.1 Å². The summed E-state index contributed by atoms with van der Waals surface area (Å²) < 4.78 is 0. The van der Waals surface area contributed by atoms with Crippen LogP contribution in [0.1, 0.15) is 31.1 Å². The molecule has 1 unspecified atom stereocenters. The number of benzene rings is 1. The monoisotopic (exact) mass is 271 g/mol. The van der Waals surface area contributed by atoms with Gasteiger partial charge in [0.15, 0.2) is 0 Å². The van der Waals surface area contributed by atoms with Gasteiger partial charge < -0.3 is 5.32 Å². The van der Waals surface area contributed by atoms with Crippen LogP contribution in [0.25, 0.3) is 0 Å². The summed E-state index contributed by atoms with van der Waals surface area (Å²) in [6.45, 7) is 7.04. The van der Waals surface area contributed by atoms with Gasteiger partial charge in [-0.3, -0.25) is 4.79 Å². The molecule has 0 spiro atoms. The fraction of sp³-hybridized carbons (Fsp3) is 0.462. The Labute approximate surface area is 113 Å². The van der Waals surface area contributed by atoms with E-state index in [9.17, 15) is 4.79 Å². The summed E-state index contributed by atoms with van der Waals surface area (Å²) in [5.41, 5.74) is 0.482. The molecule has 17 heavy (non-hydrogen) atoms. The molecule has 0 aliphatic carbocycles. The standard InChI is InChI=1S/C13H18ClNOS/c1-8(2)9(3)7-15-13(16)11-6-10(17)4-5-12(11)14/h4-6,8-9,17H,7H2,1-3H3,(H,15,16). The third kappa shape index (κ3) is 4.25. The van der Waals surface area contributed by atoms with Crippen LogP contribution < -0.4 is 5.32 Å². The van der Waals surface area contributed by atoms with E-state index in [0.29, 0.717) is 29.0 Å². The van der Waals surface area contributed by atoms with E-state index >= 15 is 0 Å². The molecule has 0 fully saturated rings. The van der Waals surface area contributed by atoms with Crippen molar-refractivity contribution in [3.05, 3.63) is 28.8 Å². The zero-order valence-corrected chi connectivity index (χ0v) is 12.0. The predicted molar refractivity (Wildman–Crippen MR) is 75.0 cm³/mol. The van der Waals surface area contributed by atoms with Crippen LogP contribution in [-0.2, 0) is 0 Å². The lowest BCUT2D eigenvalue weighted by Gasteiger charge is -2.16. The van der Waals surface area contributed by atoms with E-state index in [1.165, 1.54) is 0 Å². The number of carbonyl (C=O) groups is 1. The molecule has 0 aliphatic rings. The molecule has 0 heterocycles. The molecule has 1 aromatic rings. The van der Waals surface area contributed by atoms with Gasteiger partial charge in [-0.2, -0.15) is 0 Å². The zero-order chi connectivity index (χ0) is 13.0. The van der Waals surface area contributed by atoms with E-state index in [1.807, 2.05) is 0 Å². The van der Waals surface area contributed by atoms with Crippen LogP contribution in [0.2, 0.25) is 5.02 Å². The Morgan fingerprint density at radius 2 is 2.06 bits per heavy atom. The highest BCUT2D eigenvalue weighted by Crippen LogP contribution is 2.19. The molecule has 0 bridgehead atoms. The Bertz CT molecular complexity index is 406. The van der Waals surface area contributed by atoms with Crippen molar-refractivity contribution in [1.29, 1.82) is 0 Å². The van der Waals surface area contributed by atoms with Gasteiger partial charge in [0.25, 0.3) is 5.91 Å². The van der Waals surface area contributed by atoms with Gasteiger partial charge in [0.2, 0.25) is 0 Å². The highest BCUT2D eigenvalue weighted by molar-refractivity contribution is 7.80. The van der Waals surface area contributed by atoms with Crippen LogP contribution in [0.3, 0.4) is 0 Å². The lowest BCUT2D eigenvalue weighted by molar-refractivity contribution is 0.0945. The Kier molecular flexibility index (Phi) is 5.34. The van der Waals surface area contributed by atoms with Crippen LogP contribution in [0, 0.1) is 11.8 Å². The Balaban J connectivity index is 2.67. The average Bonchev–Trinajstić information content (AvgIpc) is 2.28. The molecule has 1 atom stereocenters. The first kappa shape index (κ1) is 14.4. The van der Waals surface area contributed by atoms with Gasteiger partial charge in [-0.1, -0.05) is 32.4 Å². The molecule has 1 aromatic carbocycles. The maximum Gasteiger partial charge on any atom is 0.252 e. The quantitative estimate of drug-likeness (QED) is 0.804. The maximum atomic E-state index is 11.9. The lowest BCUT2D eigenvalue weighted by Crippen LogP contribution is -2.30. The number of rotatable bonds is 4. The normalized spacial score (nSPS) is 12.6. The largest absolute Gasteiger partial charge is 0.352 e. The Hall–Kier alpha value is -0.670. The summed E-state index contributed by atoms with van der Waals surface area (Å²) in [4.78, 5) is 12.6. The molecule has 0 aliphatic heterocycles. The molecule has 1 rings (SSSR count). The van der Waals surface area contributed by atoms with Crippen molar-refractivity contribution in [3.63, 3.8) is 0 Å². The van der Waals surface area contributed by atoms with Gasteiger partial charge in [0, 0.05) is 11.4 Å². The molecule has 1 amide bonds. The Morgan fingerprint density at radius 3 is 2.65 bits per heavy atom. The summed E-state index contributed by atoms with van der Waals surface area (Å²) in [6, 6.07) is 5.13. The van der Waals surface area contributed by atoms with Crippen LogP contribution in [-0.4, -0.2) is 12.5 Å². The number of carbonyl (C=O) groups excluding carboxylic acids is 1. The molecular formula is C13H18ClNOS. The summed E-state index contributed by atoms with van der Waals surface area (Å²) >= 11 is 10.2. The second-order valence-corrected chi connectivity index (χ2v) is 5.52. The molecule has 1 N–H and O–H groups in total. The SMILES string of the molecule is CC(C)C(C)CNC(=O)c1cc(S)ccc1Cl. The molecular weight excluding hydrogens is 254 g/mol. The van der Waals surface area contributed by atoms with Gasteiger partial charge in [-0.15, -0.1) is 12.6 Å². The summed E-state index contributed by atoms with van der Waals surface area (Å²) in [5.74, 6) is 0.845. The van der Waals surface area contributed by atoms with Gasteiger partial charge in [-0.05, 0) is 30.0 Å². The molecule has 0 saturated heterocycles. The first-order valence-electron chi connectivity index (χ1n) is 5.68. The molecule has 4 heteroatoms. The fourth-order valence-electron chi connectivity index (χ4n) is 1.27. The van der Waals surface area contributed by atoms with Crippen LogP contribution in [0.15, 0.2) is 23.1 Å². The van der Waals surface area contributed by atoms with Crippen LogP contribution in [0.4, 0.5) is 0 Å². The number of halogens is 1. The number of nitrogens with one attached hydrogen (secondary N) is 1. The number of thiol groups is 1. The fourth-order valence-corrected chi connectivity index (χ4v) is 1.68. The van der Waals surface area contributed by atoms with Crippen molar-refractivity contribution in [2.75, 3.05) is 6.54 Å². The first-order chi connectivity index (χ1) is 7.91. The number of amides is 1. The molecule has 0 saturated carbocycles. The van der Waals surface area contributed by atoms with E-state index in [4.69, 9.17) is 11.6 Å². The van der Waals surface area contributed by atoms with Crippen molar-refractivity contribution in [2.45, 2.75) is 25.7 Å². The lowest BCUT2D eigenvalue weighted by atomic mass is 9.98. The minimum Gasteiger partial charge on any atom is -0.352 e. The van der Waals surface area contributed by atoms with Gasteiger partial charge in [0.1, 0.15) is 0 Å². The van der Waals surface area contributed by atoms with Crippen molar-refractivity contribution in [3.8, 4) is 0 Å². The minimum absolute atomic E-state index is 0.140. The average molecular weight is 272 g/mol. The number of hydrogen-bond acceptors (Lipinski definition) is 2. The molecule has 94 valence electrons. The zero-order valence-electron chi connectivity index (χ0n) is 10.3. The summed E-state index contributed by atoms with van der Waals surface area (Å²) in [7, 11) is 0. The molecule has 0 aromatic heterocycles. The maximum absolute atomic E-state index is 11.9. The summed E-state index contributed by atoms with van der Waals surface area (Å²) in [6.07, 6.45) is 0. The topological polar surface area (TPSA) is 29.1 Å². The summed E-state index contributed by atoms with van der Waals surface area (Å²) in [5, 5.41) is 3.35. The van der Waals surface area contributed by atoms with Crippen LogP contribution in [0.5, 0.6) is 0 Å². The van der Waals surface area contributed by atoms with Crippen LogP contribution >= 0.6 is 24.2 Å². The van der Waals surface area contributed by atoms with E-state index in [-0.39, 0.29) is 5.91 Å². The van der Waals surface area contributed by atoms with Gasteiger partial charge >= 0.3 is 0 Å². The van der Waals surface area contributed by atoms with E-state index in [0.717, 1.165) is 4.90 Å². The number of hydrogen-bond donors (Lipinski definition) is 2. The molecule has 2 nitrogen and oxygen atoms in total. The molecule has 0 radical (unpaired) electrons. The third-order valence-corrected chi connectivity index (χ3v) is 3.52. The Morgan fingerprint density at radius 1 is 1.41 bits per heavy atom. The van der Waals surface area contributed by atoms with Gasteiger partial charge in [-0.25, -0.2) is 0 Å². The minimum atomic E-state index is -0.140. The van der Waals surface area contributed by atoms with E-state index < -0.39 is 0 Å². The highest BCUT2D eigenvalue weighted by Gasteiger charge is 2.13. The van der Waals surface area contributed by atoms with E-state index in [1.54, 1.807) is 18.2 Å². The van der Waals surface area contributed by atoms with Crippen molar-refractivity contribution < 1.29 is 4.79 Å². The third-order valence-electron chi connectivity index (χ3n) is 2.92. The second-order valence-electron chi connectivity index (χ2n) is 4.60. The van der Waals surface area contributed by atoms with E-state index in [2.05, 4.69) is 38.7 Å². The highest BCUT2D eigenvalue weighted by atomic mass is 35.5. The van der Waals surface area contributed by atoms with Gasteiger partial charge in [0.05, 0.1) is 10.6 Å².